The summed E-state index contributed by atoms with van der Waals surface area (Å²) in [4.78, 5) is 25.8. The van der Waals surface area contributed by atoms with E-state index in [1.807, 2.05) is 0 Å². The first kappa shape index (κ1) is 13.9. The summed E-state index contributed by atoms with van der Waals surface area (Å²) in [5, 5.41) is 11.4. The predicted molar refractivity (Wildman–Crippen MR) is 65.4 cm³/mol. The summed E-state index contributed by atoms with van der Waals surface area (Å²) in [5.41, 5.74) is 0.604. The van der Waals surface area contributed by atoms with Crippen LogP contribution in [0.2, 0.25) is 0 Å². The van der Waals surface area contributed by atoms with Gasteiger partial charge in [0.15, 0.2) is 9.90 Å². The molecule has 0 radical (unpaired) electrons. The van der Waals surface area contributed by atoms with E-state index < -0.39 is 37.8 Å². The summed E-state index contributed by atoms with van der Waals surface area (Å²) in [7, 11) is -4.06. The fourth-order valence-electron chi connectivity index (χ4n) is 1.69. The number of hydrogen-bond donors (Lipinski definition) is 3. The van der Waals surface area contributed by atoms with Crippen LogP contribution in [-0.2, 0) is 14.8 Å². The Morgan fingerprint density at radius 3 is 2.95 bits per heavy atom. The van der Waals surface area contributed by atoms with E-state index in [0.717, 1.165) is 5.51 Å². The number of hydrogen-bond acceptors (Lipinski definition) is 6. The van der Waals surface area contributed by atoms with E-state index >= 15 is 0 Å². The molecule has 0 aromatic carbocycles. The molecule has 0 saturated carbocycles. The van der Waals surface area contributed by atoms with E-state index in [1.54, 1.807) is 0 Å². The summed E-state index contributed by atoms with van der Waals surface area (Å²) in [5.74, 6) is -1.83. The minimum Gasteiger partial charge on any atom is -0.476 e. The summed E-state index contributed by atoms with van der Waals surface area (Å²) in [6, 6.07) is -0.873. The van der Waals surface area contributed by atoms with Gasteiger partial charge >= 0.3 is 5.97 Å². The summed E-state index contributed by atoms with van der Waals surface area (Å²) >= 11 is 0.701. The lowest BCUT2D eigenvalue weighted by atomic mass is 10.1. The Kier molecular flexibility index (Phi) is 3.83. The normalized spacial score (nSPS) is 20.0. The first-order valence-corrected chi connectivity index (χ1v) is 7.75. The van der Waals surface area contributed by atoms with E-state index in [0.29, 0.717) is 30.7 Å². The number of aromatic nitrogens is 1. The molecule has 1 amide bonds. The van der Waals surface area contributed by atoms with Crippen molar-refractivity contribution in [3.8, 4) is 0 Å². The molecule has 1 unspecified atom stereocenters. The van der Waals surface area contributed by atoms with E-state index in [1.165, 1.54) is 0 Å². The van der Waals surface area contributed by atoms with Gasteiger partial charge in [-0.25, -0.2) is 18.2 Å². The lowest BCUT2D eigenvalue weighted by molar-refractivity contribution is -0.124. The molecular formula is C9H11N3O5S2. The van der Waals surface area contributed by atoms with E-state index in [-0.39, 0.29) is 0 Å². The number of nitrogens with one attached hydrogen (secondary N) is 2. The molecule has 1 fully saturated rings. The van der Waals surface area contributed by atoms with Crippen LogP contribution in [0.4, 0.5) is 0 Å². The molecule has 19 heavy (non-hydrogen) atoms. The molecule has 2 rings (SSSR count). The highest BCUT2D eigenvalue weighted by Crippen LogP contribution is 2.21. The Bertz CT molecular complexity index is 609. The van der Waals surface area contributed by atoms with Crippen LogP contribution < -0.4 is 10.0 Å². The molecule has 1 saturated heterocycles. The van der Waals surface area contributed by atoms with Crippen LogP contribution in [0.3, 0.4) is 0 Å². The number of amides is 1. The van der Waals surface area contributed by atoms with Crippen molar-refractivity contribution in [2.45, 2.75) is 23.1 Å². The number of carboxylic acid groups (broad SMARTS) is 1. The lowest BCUT2D eigenvalue weighted by Crippen LogP contribution is -2.50. The molecule has 10 heteroatoms. The van der Waals surface area contributed by atoms with Crippen LogP contribution in [-0.4, -0.2) is 43.0 Å². The van der Waals surface area contributed by atoms with Crippen LogP contribution >= 0.6 is 11.3 Å². The van der Waals surface area contributed by atoms with Gasteiger partial charge in [-0.15, -0.1) is 11.3 Å². The van der Waals surface area contributed by atoms with Gasteiger partial charge in [0.1, 0.15) is 6.04 Å². The fourth-order valence-corrected chi connectivity index (χ4v) is 4.08. The van der Waals surface area contributed by atoms with Gasteiger partial charge in [-0.2, -0.15) is 4.72 Å². The third kappa shape index (κ3) is 2.91. The van der Waals surface area contributed by atoms with Crippen molar-refractivity contribution in [2.24, 2.45) is 0 Å². The fraction of sp³-hybridized carbons (Fsp3) is 0.444. The monoisotopic (exact) mass is 305 g/mol. The predicted octanol–water partition coefficient (Wildman–Crippen LogP) is -0.602. The van der Waals surface area contributed by atoms with E-state index in [2.05, 4.69) is 15.0 Å². The Morgan fingerprint density at radius 2 is 2.32 bits per heavy atom. The third-order valence-corrected chi connectivity index (χ3v) is 5.41. The van der Waals surface area contributed by atoms with Crippen molar-refractivity contribution in [3.05, 3.63) is 11.2 Å². The zero-order valence-electron chi connectivity index (χ0n) is 9.62. The van der Waals surface area contributed by atoms with Gasteiger partial charge in [0.25, 0.3) is 10.0 Å². The van der Waals surface area contributed by atoms with Crippen molar-refractivity contribution >= 4 is 33.2 Å². The number of aromatic carboxylic acids is 1. The number of sulfonamides is 1. The lowest BCUT2D eigenvalue weighted by Gasteiger charge is -2.22. The molecule has 1 atom stereocenters. The van der Waals surface area contributed by atoms with Gasteiger partial charge in [-0.1, -0.05) is 0 Å². The summed E-state index contributed by atoms with van der Waals surface area (Å²) < 4.78 is 25.9. The number of carboxylic acids is 1. The minimum absolute atomic E-state index is 0.381. The second-order valence-corrected chi connectivity index (χ2v) is 6.66. The number of thiazole rings is 1. The quantitative estimate of drug-likeness (QED) is 0.682. The Morgan fingerprint density at radius 1 is 1.58 bits per heavy atom. The van der Waals surface area contributed by atoms with Crippen molar-refractivity contribution in [2.75, 3.05) is 6.54 Å². The molecule has 104 valence electrons. The van der Waals surface area contributed by atoms with Crippen LogP contribution in [0.25, 0.3) is 0 Å². The number of piperidine rings is 1. The highest BCUT2D eigenvalue weighted by Gasteiger charge is 2.31. The molecule has 0 bridgehead atoms. The molecule has 8 nitrogen and oxygen atoms in total. The zero-order chi connectivity index (χ0) is 14.0. The molecule has 1 aliphatic rings. The molecule has 2 heterocycles. The van der Waals surface area contributed by atoms with Crippen LogP contribution in [0.1, 0.15) is 23.3 Å². The SMILES string of the molecule is O=C(O)c1ncsc1S(=O)(=O)NC1CCCNC1=O. The first-order chi connectivity index (χ1) is 8.92. The van der Waals surface area contributed by atoms with Crippen molar-refractivity contribution in [1.82, 2.24) is 15.0 Å². The third-order valence-electron chi connectivity index (χ3n) is 2.56. The maximum atomic E-state index is 12.0. The van der Waals surface area contributed by atoms with Gasteiger partial charge in [0.05, 0.1) is 5.51 Å². The van der Waals surface area contributed by atoms with Gasteiger partial charge in [0, 0.05) is 6.54 Å². The number of nitrogens with zero attached hydrogens (tertiary/aromatic N) is 1. The summed E-state index contributed by atoms with van der Waals surface area (Å²) in [6.45, 7) is 0.512. The molecule has 1 aromatic rings. The Labute approximate surface area is 112 Å². The van der Waals surface area contributed by atoms with Gasteiger partial charge in [0.2, 0.25) is 5.91 Å². The smallest absolute Gasteiger partial charge is 0.356 e. The highest BCUT2D eigenvalue weighted by molar-refractivity contribution is 7.91. The average molecular weight is 305 g/mol. The number of carbonyl (C=O) groups excluding carboxylic acids is 1. The van der Waals surface area contributed by atoms with Crippen molar-refractivity contribution < 1.29 is 23.1 Å². The molecule has 0 aliphatic carbocycles. The molecule has 3 N–H and O–H groups in total. The second kappa shape index (κ2) is 5.23. The zero-order valence-corrected chi connectivity index (χ0v) is 11.3. The molecule has 1 aliphatic heterocycles. The molecule has 1 aromatic heterocycles. The molecule has 0 spiro atoms. The van der Waals surface area contributed by atoms with Gasteiger partial charge in [-0.05, 0) is 12.8 Å². The van der Waals surface area contributed by atoms with Crippen LogP contribution in [0.5, 0.6) is 0 Å². The number of rotatable bonds is 4. The number of carbonyl (C=O) groups is 2. The Hall–Kier alpha value is -1.52. The largest absolute Gasteiger partial charge is 0.476 e. The Balaban J connectivity index is 2.25. The highest BCUT2D eigenvalue weighted by atomic mass is 32.2. The van der Waals surface area contributed by atoms with E-state index in [9.17, 15) is 18.0 Å². The van der Waals surface area contributed by atoms with Crippen LogP contribution in [0, 0.1) is 0 Å². The standard InChI is InChI=1S/C9H11N3O5S2/c13-7-5(2-1-3-10-7)12-19(16,17)9-6(8(14)15)11-4-18-9/h4-5,12H,1-3H2,(H,10,13)(H,14,15). The second-order valence-electron chi connectivity index (χ2n) is 3.90. The minimum atomic E-state index is -4.06. The van der Waals surface area contributed by atoms with E-state index in [4.69, 9.17) is 5.11 Å². The van der Waals surface area contributed by atoms with Crippen LogP contribution in [0.15, 0.2) is 9.72 Å². The van der Waals surface area contributed by atoms with Gasteiger partial charge in [-0.3, -0.25) is 4.79 Å². The maximum Gasteiger partial charge on any atom is 0.356 e. The van der Waals surface area contributed by atoms with Crippen molar-refractivity contribution in [1.29, 1.82) is 0 Å². The van der Waals surface area contributed by atoms with Crippen molar-refractivity contribution in [3.63, 3.8) is 0 Å². The van der Waals surface area contributed by atoms with Gasteiger partial charge < -0.3 is 10.4 Å². The average Bonchev–Trinajstić information content (AvgIpc) is 2.82. The first-order valence-electron chi connectivity index (χ1n) is 5.38. The summed E-state index contributed by atoms with van der Waals surface area (Å²) in [6.07, 6.45) is 1.04. The maximum absolute atomic E-state index is 12.0. The molecular weight excluding hydrogens is 294 g/mol. The topological polar surface area (TPSA) is 125 Å².